The van der Waals surface area contributed by atoms with E-state index in [1.54, 1.807) is 0 Å². The van der Waals surface area contributed by atoms with Gasteiger partial charge in [0.05, 0.1) is 0 Å². The number of hydrogen-bond acceptors (Lipinski definition) is 1. The Morgan fingerprint density at radius 1 is 1.29 bits per heavy atom. The van der Waals surface area contributed by atoms with Gasteiger partial charge in [-0.15, -0.1) is 0 Å². The Morgan fingerprint density at radius 2 is 2.00 bits per heavy atom. The van der Waals surface area contributed by atoms with Gasteiger partial charge in [0.25, 0.3) is 0 Å². The first-order valence-corrected chi connectivity index (χ1v) is 5.05. The van der Waals surface area contributed by atoms with Gasteiger partial charge in [0.2, 0.25) is 0 Å². The lowest BCUT2D eigenvalue weighted by Crippen LogP contribution is -2.31. The molecule has 0 aliphatic carbocycles. The molecule has 1 aromatic carbocycles. The van der Waals surface area contributed by atoms with Gasteiger partial charge in [0, 0.05) is 25.2 Å². The SMILES string of the molecule is C/N=C1/c2ccccc2CN1C(C)C. The van der Waals surface area contributed by atoms with Gasteiger partial charge >= 0.3 is 0 Å². The van der Waals surface area contributed by atoms with Gasteiger partial charge in [0.1, 0.15) is 5.84 Å². The van der Waals surface area contributed by atoms with Gasteiger partial charge in [-0.25, -0.2) is 0 Å². The second kappa shape index (κ2) is 3.45. The largest absolute Gasteiger partial charge is 0.350 e. The third kappa shape index (κ3) is 1.31. The molecule has 2 nitrogen and oxygen atoms in total. The van der Waals surface area contributed by atoms with Crippen molar-refractivity contribution in [2.75, 3.05) is 7.05 Å². The molecule has 1 aliphatic rings. The Labute approximate surface area is 85.3 Å². The molecule has 74 valence electrons. The zero-order valence-electron chi connectivity index (χ0n) is 8.99. The highest BCUT2D eigenvalue weighted by Crippen LogP contribution is 2.24. The molecule has 1 heterocycles. The summed E-state index contributed by atoms with van der Waals surface area (Å²) in [5, 5.41) is 0. The molecule has 0 N–H and O–H groups in total. The highest BCUT2D eigenvalue weighted by Gasteiger charge is 2.25. The summed E-state index contributed by atoms with van der Waals surface area (Å²) in [6.07, 6.45) is 0. The summed E-state index contributed by atoms with van der Waals surface area (Å²) in [5.41, 5.74) is 2.69. The van der Waals surface area contributed by atoms with Crippen LogP contribution in [0.15, 0.2) is 29.3 Å². The van der Waals surface area contributed by atoms with Crippen LogP contribution in [0.25, 0.3) is 0 Å². The average Bonchev–Trinajstić information content (AvgIpc) is 2.56. The van der Waals surface area contributed by atoms with Crippen LogP contribution < -0.4 is 0 Å². The first-order chi connectivity index (χ1) is 6.74. The fourth-order valence-electron chi connectivity index (χ4n) is 1.97. The molecule has 2 heteroatoms. The zero-order chi connectivity index (χ0) is 10.1. The van der Waals surface area contributed by atoms with Crippen molar-refractivity contribution in [3.05, 3.63) is 35.4 Å². The molecule has 14 heavy (non-hydrogen) atoms. The van der Waals surface area contributed by atoms with Crippen molar-refractivity contribution in [3.63, 3.8) is 0 Å². The van der Waals surface area contributed by atoms with E-state index < -0.39 is 0 Å². The number of fused-ring (bicyclic) bond motifs is 1. The molecule has 0 fully saturated rings. The molecule has 2 rings (SSSR count). The standard InChI is InChI=1S/C12H16N2/c1-9(2)14-8-10-6-4-5-7-11(10)12(14)13-3/h4-7,9H,8H2,1-3H3/b13-12-. The third-order valence-corrected chi connectivity index (χ3v) is 2.71. The molecule has 0 saturated carbocycles. The van der Waals surface area contributed by atoms with E-state index in [4.69, 9.17) is 0 Å². The molecular weight excluding hydrogens is 172 g/mol. The maximum atomic E-state index is 4.37. The highest BCUT2D eigenvalue weighted by atomic mass is 15.2. The molecular formula is C12H16N2. The normalized spacial score (nSPS) is 18.0. The van der Waals surface area contributed by atoms with E-state index in [9.17, 15) is 0 Å². The van der Waals surface area contributed by atoms with Crippen LogP contribution in [0, 0.1) is 0 Å². The Morgan fingerprint density at radius 3 is 2.64 bits per heavy atom. The van der Waals surface area contributed by atoms with Crippen molar-refractivity contribution >= 4 is 5.84 Å². The Bertz CT molecular complexity index is 366. The van der Waals surface area contributed by atoms with Crippen molar-refractivity contribution in [2.24, 2.45) is 4.99 Å². The average molecular weight is 188 g/mol. The number of benzene rings is 1. The van der Waals surface area contributed by atoms with Crippen LogP contribution in [0.2, 0.25) is 0 Å². The lowest BCUT2D eigenvalue weighted by molar-refractivity contribution is 0.357. The van der Waals surface area contributed by atoms with Crippen LogP contribution in [0.1, 0.15) is 25.0 Å². The first kappa shape index (κ1) is 9.25. The van der Waals surface area contributed by atoms with Crippen molar-refractivity contribution in [1.82, 2.24) is 4.90 Å². The van der Waals surface area contributed by atoms with E-state index >= 15 is 0 Å². The fraction of sp³-hybridized carbons (Fsp3) is 0.417. The van der Waals surface area contributed by atoms with Crippen LogP contribution in [-0.4, -0.2) is 23.8 Å². The number of aliphatic imine (C=N–C) groups is 1. The zero-order valence-corrected chi connectivity index (χ0v) is 8.99. The second-order valence-electron chi connectivity index (χ2n) is 3.93. The van der Waals surface area contributed by atoms with Crippen LogP contribution in [0.3, 0.4) is 0 Å². The maximum Gasteiger partial charge on any atom is 0.131 e. The fourth-order valence-corrected chi connectivity index (χ4v) is 1.97. The van der Waals surface area contributed by atoms with E-state index in [1.807, 2.05) is 7.05 Å². The molecule has 0 saturated heterocycles. The number of rotatable bonds is 1. The summed E-state index contributed by atoms with van der Waals surface area (Å²) in [6, 6.07) is 9.02. The molecule has 1 aliphatic heterocycles. The smallest absolute Gasteiger partial charge is 0.131 e. The van der Waals surface area contributed by atoms with E-state index in [-0.39, 0.29) is 0 Å². The summed E-state index contributed by atoms with van der Waals surface area (Å²) in [7, 11) is 1.87. The van der Waals surface area contributed by atoms with Gasteiger partial charge in [-0.1, -0.05) is 24.3 Å². The maximum absolute atomic E-state index is 4.37. The van der Waals surface area contributed by atoms with Gasteiger partial charge in [-0.3, -0.25) is 4.99 Å². The van der Waals surface area contributed by atoms with Crippen LogP contribution in [0.4, 0.5) is 0 Å². The summed E-state index contributed by atoms with van der Waals surface area (Å²) in [4.78, 5) is 6.71. The topological polar surface area (TPSA) is 15.6 Å². The van der Waals surface area contributed by atoms with Gasteiger partial charge in [-0.05, 0) is 19.4 Å². The number of amidine groups is 1. The van der Waals surface area contributed by atoms with E-state index in [1.165, 1.54) is 11.1 Å². The third-order valence-electron chi connectivity index (χ3n) is 2.71. The Kier molecular flexibility index (Phi) is 2.28. The molecule has 0 radical (unpaired) electrons. The molecule has 0 spiro atoms. The van der Waals surface area contributed by atoms with Gasteiger partial charge < -0.3 is 4.90 Å². The predicted molar refractivity (Wildman–Crippen MR) is 59.6 cm³/mol. The van der Waals surface area contributed by atoms with Crippen LogP contribution >= 0.6 is 0 Å². The molecule has 0 aromatic heterocycles. The quantitative estimate of drug-likeness (QED) is 0.660. The van der Waals surface area contributed by atoms with Crippen LogP contribution in [-0.2, 0) is 6.54 Å². The molecule has 0 unspecified atom stereocenters. The molecule has 0 amide bonds. The molecule has 1 aromatic rings. The minimum absolute atomic E-state index is 0.515. The van der Waals surface area contributed by atoms with E-state index in [0.717, 1.165) is 12.4 Å². The Hall–Kier alpha value is -1.31. The second-order valence-corrected chi connectivity index (χ2v) is 3.93. The summed E-state index contributed by atoms with van der Waals surface area (Å²) < 4.78 is 0. The summed E-state index contributed by atoms with van der Waals surface area (Å²) >= 11 is 0. The van der Waals surface area contributed by atoms with E-state index in [0.29, 0.717) is 6.04 Å². The summed E-state index contributed by atoms with van der Waals surface area (Å²) in [6.45, 7) is 5.41. The first-order valence-electron chi connectivity index (χ1n) is 5.05. The monoisotopic (exact) mass is 188 g/mol. The number of nitrogens with zero attached hydrogens (tertiary/aromatic N) is 2. The van der Waals surface area contributed by atoms with Gasteiger partial charge in [0.15, 0.2) is 0 Å². The lowest BCUT2D eigenvalue weighted by atomic mass is 10.1. The Balaban J connectivity index is 2.44. The van der Waals surface area contributed by atoms with E-state index in [2.05, 4.69) is 48.0 Å². The summed E-state index contributed by atoms with van der Waals surface area (Å²) in [5.74, 6) is 1.13. The molecule has 0 atom stereocenters. The highest BCUT2D eigenvalue weighted by molar-refractivity contribution is 6.02. The molecule has 0 bridgehead atoms. The minimum Gasteiger partial charge on any atom is -0.350 e. The van der Waals surface area contributed by atoms with Crippen molar-refractivity contribution in [1.29, 1.82) is 0 Å². The predicted octanol–water partition coefficient (Wildman–Crippen LogP) is 2.29. The van der Waals surface area contributed by atoms with Crippen molar-refractivity contribution in [2.45, 2.75) is 26.4 Å². The number of hydrogen-bond donors (Lipinski definition) is 0. The minimum atomic E-state index is 0.515. The van der Waals surface area contributed by atoms with Crippen molar-refractivity contribution < 1.29 is 0 Å². The lowest BCUT2D eigenvalue weighted by Gasteiger charge is -2.23. The van der Waals surface area contributed by atoms with Crippen molar-refractivity contribution in [3.8, 4) is 0 Å². The van der Waals surface area contributed by atoms with Crippen LogP contribution in [0.5, 0.6) is 0 Å². The van der Waals surface area contributed by atoms with Gasteiger partial charge in [-0.2, -0.15) is 0 Å².